The van der Waals surface area contributed by atoms with E-state index in [4.69, 9.17) is 11.6 Å². The van der Waals surface area contributed by atoms with E-state index in [2.05, 4.69) is 15.6 Å². The first-order valence-electron chi connectivity index (χ1n) is 7.28. The number of carbonyl (C=O) groups is 2. The van der Waals surface area contributed by atoms with Crippen molar-refractivity contribution in [3.63, 3.8) is 0 Å². The molecule has 1 aromatic heterocycles. The number of thiazole rings is 1. The number of aryl methyl sites for hydroxylation is 1. The Morgan fingerprint density at radius 3 is 2.75 bits per heavy atom. The van der Waals surface area contributed by atoms with E-state index in [1.165, 1.54) is 11.3 Å². The van der Waals surface area contributed by atoms with Gasteiger partial charge in [-0.3, -0.25) is 9.59 Å². The van der Waals surface area contributed by atoms with Crippen LogP contribution in [-0.2, 0) is 4.79 Å². The number of nitrogens with zero attached hydrogens (tertiary/aromatic N) is 1. The summed E-state index contributed by atoms with van der Waals surface area (Å²) < 4.78 is 0. The summed E-state index contributed by atoms with van der Waals surface area (Å²) in [7, 11) is 0. The zero-order valence-electron chi connectivity index (χ0n) is 13.3. The predicted octanol–water partition coefficient (Wildman–Crippen LogP) is 3.60. The Hall–Kier alpha value is -1.57. The standard InChI is InChI=1S/C16H18ClN3O2S2/c1-10-9-24-16(18-10)20-15(22)13(7-8-23-2)19-14(21)11-5-3-4-6-12(11)17/h3-6,9,13H,7-8H2,1-2H3,(H,19,21)(H,18,20,22)/t13-/m1/s1. The number of benzene rings is 1. The van der Waals surface area contributed by atoms with Crippen LogP contribution in [0.4, 0.5) is 5.13 Å². The van der Waals surface area contributed by atoms with Gasteiger partial charge in [-0.15, -0.1) is 11.3 Å². The Morgan fingerprint density at radius 1 is 1.38 bits per heavy atom. The molecule has 0 radical (unpaired) electrons. The van der Waals surface area contributed by atoms with Crippen molar-refractivity contribution >= 4 is 51.6 Å². The summed E-state index contributed by atoms with van der Waals surface area (Å²) >= 11 is 9.01. The molecule has 128 valence electrons. The second-order valence-corrected chi connectivity index (χ2v) is 7.32. The van der Waals surface area contributed by atoms with Gasteiger partial charge in [0, 0.05) is 5.38 Å². The fourth-order valence-corrected chi connectivity index (χ4v) is 3.37. The zero-order chi connectivity index (χ0) is 17.5. The normalized spacial score (nSPS) is 11.8. The van der Waals surface area contributed by atoms with Gasteiger partial charge in [0.1, 0.15) is 6.04 Å². The minimum atomic E-state index is -0.648. The van der Waals surface area contributed by atoms with Gasteiger partial charge in [0.25, 0.3) is 5.91 Å². The summed E-state index contributed by atoms with van der Waals surface area (Å²) in [6.45, 7) is 1.86. The van der Waals surface area contributed by atoms with Crippen LogP contribution in [0.15, 0.2) is 29.6 Å². The Morgan fingerprint density at radius 2 is 2.12 bits per heavy atom. The fraction of sp³-hybridized carbons (Fsp3) is 0.312. The lowest BCUT2D eigenvalue weighted by molar-refractivity contribution is -0.118. The smallest absolute Gasteiger partial charge is 0.253 e. The van der Waals surface area contributed by atoms with Crippen LogP contribution in [0, 0.1) is 6.92 Å². The number of halogens is 1. The predicted molar refractivity (Wildman–Crippen MR) is 101 cm³/mol. The molecule has 1 heterocycles. The van der Waals surface area contributed by atoms with E-state index in [9.17, 15) is 9.59 Å². The molecule has 8 heteroatoms. The molecule has 0 bridgehead atoms. The third kappa shape index (κ3) is 5.22. The van der Waals surface area contributed by atoms with Crippen LogP contribution in [0.5, 0.6) is 0 Å². The third-order valence-electron chi connectivity index (χ3n) is 3.20. The number of nitrogens with one attached hydrogen (secondary N) is 2. The number of hydrogen-bond donors (Lipinski definition) is 2. The van der Waals surface area contributed by atoms with Crippen LogP contribution in [0.3, 0.4) is 0 Å². The van der Waals surface area contributed by atoms with Gasteiger partial charge >= 0.3 is 0 Å². The molecule has 0 aliphatic carbocycles. The largest absolute Gasteiger partial charge is 0.340 e. The van der Waals surface area contributed by atoms with Gasteiger partial charge in [0.2, 0.25) is 5.91 Å². The molecule has 0 saturated heterocycles. The van der Waals surface area contributed by atoms with E-state index >= 15 is 0 Å². The lowest BCUT2D eigenvalue weighted by Crippen LogP contribution is -2.44. The molecule has 2 N–H and O–H groups in total. The molecule has 24 heavy (non-hydrogen) atoms. The number of aromatic nitrogens is 1. The van der Waals surface area contributed by atoms with Crippen molar-refractivity contribution in [2.24, 2.45) is 0 Å². The Labute approximate surface area is 154 Å². The highest BCUT2D eigenvalue weighted by Gasteiger charge is 2.22. The van der Waals surface area contributed by atoms with Gasteiger partial charge < -0.3 is 10.6 Å². The van der Waals surface area contributed by atoms with Gasteiger partial charge in [0.05, 0.1) is 16.3 Å². The second-order valence-electron chi connectivity index (χ2n) is 5.07. The summed E-state index contributed by atoms with van der Waals surface area (Å²) in [5.41, 5.74) is 1.20. The molecule has 2 aromatic rings. The molecule has 2 rings (SSSR count). The first-order valence-corrected chi connectivity index (χ1v) is 9.93. The molecule has 0 fully saturated rings. The molecule has 2 amide bonds. The number of thioether (sulfide) groups is 1. The number of anilines is 1. The first-order chi connectivity index (χ1) is 11.5. The monoisotopic (exact) mass is 383 g/mol. The van der Waals surface area contributed by atoms with Crippen molar-refractivity contribution in [1.29, 1.82) is 0 Å². The molecule has 1 atom stereocenters. The van der Waals surface area contributed by atoms with Crippen molar-refractivity contribution < 1.29 is 9.59 Å². The van der Waals surface area contributed by atoms with Crippen LogP contribution in [0.2, 0.25) is 5.02 Å². The minimum absolute atomic E-state index is 0.279. The van der Waals surface area contributed by atoms with Crippen molar-refractivity contribution in [2.75, 3.05) is 17.3 Å². The fourth-order valence-electron chi connectivity index (χ4n) is 1.99. The highest BCUT2D eigenvalue weighted by atomic mass is 35.5. The second kappa shape index (κ2) is 9.05. The molecule has 5 nitrogen and oxygen atoms in total. The van der Waals surface area contributed by atoms with Crippen molar-refractivity contribution in [3.05, 3.63) is 45.9 Å². The maximum atomic E-state index is 12.5. The average molecular weight is 384 g/mol. The minimum Gasteiger partial charge on any atom is -0.340 e. The maximum absolute atomic E-state index is 12.5. The van der Waals surface area contributed by atoms with Gasteiger partial charge in [-0.25, -0.2) is 4.98 Å². The number of hydrogen-bond acceptors (Lipinski definition) is 5. The molecule has 0 aliphatic heterocycles. The van der Waals surface area contributed by atoms with E-state index in [1.807, 2.05) is 18.6 Å². The third-order valence-corrected chi connectivity index (χ3v) is 5.05. The number of amides is 2. The molecular formula is C16H18ClN3O2S2. The van der Waals surface area contributed by atoms with E-state index in [0.29, 0.717) is 22.1 Å². The zero-order valence-corrected chi connectivity index (χ0v) is 15.7. The van der Waals surface area contributed by atoms with Crippen LogP contribution in [-0.4, -0.2) is 34.8 Å². The Kier molecular flexibility index (Phi) is 7.08. The van der Waals surface area contributed by atoms with E-state index < -0.39 is 6.04 Å². The molecule has 1 aromatic carbocycles. The lowest BCUT2D eigenvalue weighted by atomic mass is 10.1. The van der Waals surface area contributed by atoms with Crippen LogP contribution in [0.25, 0.3) is 0 Å². The Balaban J connectivity index is 2.08. The van der Waals surface area contributed by atoms with Crippen molar-refractivity contribution in [1.82, 2.24) is 10.3 Å². The maximum Gasteiger partial charge on any atom is 0.253 e. The van der Waals surface area contributed by atoms with E-state index in [1.54, 1.807) is 36.0 Å². The van der Waals surface area contributed by atoms with Crippen molar-refractivity contribution in [3.8, 4) is 0 Å². The molecule has 0 unspecified atom stereocenters. The molecule has 0 aliphatic rings. The number of carbonyl (C=O) groups excluding carboxylic acids is 2. The molecular weight excluding hydrogens is 366 g/mol. The van der Waals surface area contributed by atoms with Crippen molar-refractivity contribution in [2.45, 2.75) is 19.4 Å². The quantitative estimate of drug-likeness (QED) is 0.766. The highest BCUT2D eigenvalue weighted by molar-refractivity contribution is 7.98. The van der Waals surface area contributed by atoms with Crippen LogP contribution >= 0.6 is 34.7 Å². The Bertz CT molecular complexity index is 721. The van der Waals surface area contributed by atoms with Gasteiger partial charge in [-0.1, -0.05) is 23.7 Å². The molecule has 0 spiro atoms. The topological polar surface area (TPSA) is 71.1 Å². The van der Waals surface area contributed by atoms with Gasteiger partial charge in [-0.2, -0.15) is 11.8 Å². The van der Waals surface area contributed by atoms with Crippen LogP contribution in [0.1, 0.15) is 22.5 Å². The lowest BCUT2D eigenvalue weighted by Gasteiger charge is -2.17. The van der Waals surface area contributed by atoms with E-state index in [-0.39, 0.29) is 11.8 Å². The van der Waals surface area contributed by atoms with Gasteiger partial charge in [-0.05, 0) is 37.5 Å². The molecule has 0 saturated carbocycles. The summed E-state index contributed by atoms with van der Waals surface area (Å²) in [5, 5.41) is 8.26. The summed E-state index contributed by atoms with van der Waals surface area (Å²) in [4.78, 5) is 29.1. The summed E-state index contributed by atoms with van der Waals surface area (Å²) in [6.07, 6.45) is 2.47. The highest BCUT2D eigenvalue weighted by Crippen LogP contribution is 2.17. The van der Waals surface area contributed by atoms with E-state index in [0.717, 1.165) is 11.4 Å². The van der Waals surface area contributed by atoms with Gasteiger partial charge in [0.15, 0.2) is 5.13 Å². The van der Waals surface area contributed by atoms with Crippen LogP contribution < -0.4 is 10.6 Å². The SMILES string of the molecule is CSCC[C@@H](NC(=O)c1ccccc1Cl)C(=O)Nc1nc(C)cs1. The first kappa shape index (κ1) is 18.8. The number of rotatable bonds is 7. The average Bonchev–Trinajstić information content (AvgIpc) is 2.96. The summed E-state index contributed by atoms with van der Waals surface area (Å²) in [6, 6.07) is 6.11. The summed E-state index contributed by atoms with van der Waals surface area (Å²) in [5.74, 6) is 0.105.